The molecule has 5 rings (SSSR count). The van der Waals surface area contributed by atoms with E-state index < -0.39 is 29.6 Å². The van der Waals surface area contributed by atoms with Crippen molar-refractivity contribution in [3.63, 3.8) is 0 Å². The average Bonchev–Trinajstić information content (AvgIpc) is 3.35. The summed E-state index contributed by atoms with van der Waals surface area (Å²) in [5.41, 5.74) is 2.16. The Labute approximate surface area is 226 Å². The van der Waals surface area contributed by atoms with E-state index in [2.05, 4.69) is 0 Å². The van der Waals surface area contributed by atoms with Crippen molar-refractivity contribution >= 4 is 45.9 Å². The number of benzene rings is 2. The van der Waals surface area contributed by atoms with Crippen LogP contribution >= 0.6 is 11.6 Å². The first-order valence-electron chi connectivity index (χ1n) is 13.0. The van der Waals surface area contributed by atoms with E-state index in [0.29, 0.717) is 50.8 Å². The van der Waals surface area contributed by atoms with Crippen LogP contribution in [0.5, 0.6) is 5.75 Å². The van der Waals surface area contributed by atoms with Gasteiger partial charge in [-0.3, -0.25) is 23.7 Å². The van der Waals surface area contributed by atoms with E-state index in [4.69, 9.17) is 21.1 Å². The van der Waals surface area contributed by atoms with Gasteiger partial charge in [0.25, 0.3) is 5.91 Å². The maximum atomic E-state index is 13.5. The lowest BCUT2D eigenvalue weighted by Gasteiger charge is -2.23. The monoisotopic (exact) mass is 535 g/mol. The minimum Gasteiger partial charge on any atom is -0.497 e. The molecule has 0 radical (unpaired) electrons. The number of methoxy groups -OCH3 is 1. The largest absolute Gasteiger partial charge is 0.497 e. The Morgan fingerprint density at radius 2 is 1.76 bits per heavy atom. The fraction of sp³-hybridized carbons (Fsp3) is 0.400. The summed E-state index contributed by atoms with van der Waals surface area (Å²) in [5.74, 6) is -2.54. The molecule has 1 aliphatic carbocycles. The number of halogens is 1. The average molecular weight is 536 g/mol. The van der Waals surface area contributed by atoms with Crippen molar-refractivity contribution in [3.05, 3.63) is 64.3 Å². The second kappa shape index (κ2) is 10.7. The number of nitrogens with zero attached hydrogens (tertiary/aromatic N) is 1. The Morgan fingerprint density at radius 3 is 2.45 bits per heavy atom. The zero-order valence-electron chi connectivity index (χ0n) is 21.5. The van der Waals surface area contributed by atoms with Crippen molar-refractivity contribution in [1.82, 2.24) is 4.57 Å². The van der Waals surface area contributed by atoms with Crippen LogP contribution in [0.4, 0.5) is 0 Å². The van der Waals surface area contributed by atoms with Crippen LogP contribution in [0.3, 0.4) is 0 Å². The molecule has 3 aromatic rings. The molecular weight excluding hydrogens is 506 g/mol. The quantitative estimate of drug-likeness (QED) is 0.293. The highest BCUT2D eigenvalue weighted by Gasteiger charge is 2.48. The second-order valence-corrected chi connectivity index (χ2v) is 10.7. The zero-order valence-corrected chi connectivity index (χ0v) is 22.3. The molecule has 0 N–H and O–H groups in total. The van der Waals surface area contributed by atoms with Crippen molar-refractivity contribution in [1.29, 1.82) is 0 Å². The van der Waals surface area contributed by atoms with Crippen LogP contribution in [0.1, 0.15) is 60.1 Å². The first-order valence-corrected chi connectivity index (χ1v) is 13.4. The SMILES string of the molecule is COc1ccc2c(c1)c(CC(=O)C1C(=O)OC(CC3CCCCC3)C1=O)c(C)n2C(=O)c1ccc(Cl)cc1. The Bertz CT molecular complexity index is 1420. The summed E-state index contributed by atoms with van der Waals surface area (Å²) >= 11 is 6.00. The van der Waals surface area contributed by atoms with Gasteiger partial charge >= 0.3 is 5.97 Å². The van der Waals surface area contributed by atoms with Gasteiger partial charge in [-0.15, -0.1) is 0 Å². The number of ketones is 2. The van der Waals surface area contributed by atoms with Crippen LogP contribution in [0.25, 0.3) is 10.9 Å². The normalized spacial score (nSPS) is 20.1. The molecule has 2 heterocycles. The predicted octanol–water partition coefficient (Wildman–Crippen LogP) is 5.49. The molecule has 1 aromatic heterocycles. The van der Waals surface area contributed by atoms with E-state index in [0.717, 1.165) is 25.7 Å². The molecular formula is C30H30ClNO6. The maximum Gasteiger partial charge on any atom is 0.325 e. The summed E-state index contributed by atoms with van der Waals surface area (Å²) in [6.07, 6.45) is 4.90. The number of cyclic esters (lactones) is 1. The molecule has 0 amide bonds. The van der Waals surface area contributed by atoms with Crippen molar-refractivity contribution in [2.24, 2.45) is 11.8 Å². The summed E-state index contributed by atoms with van der Waals surface area (Å²) in [6, 6.07) is 11.8. The number of aromatic nitrogens is 1. The molecule has 2 fully saturated rings. The molecule has 2 aliphatic rings. The van der Waals surface area contributed by atoms with Gasteiger partial charge in [0.15, 0.2) is 23.6 Å². The number of carbonyl (C=O) groups excluding carboxylic acids is 4. The standard InChI is InChI=1S/C30H30ClNO6/c1-17-22(16-25(33)27-28(34)26(38-30(27)36)14-18-6-4-3-5-7-18)23-15-21(37-2)12-13-24(23)32(17)29(35)19-8-10-20(31)11-9-19/h8-13,15,18,26-27H,3-7,14,16H2,1-2H3. The molecule has 1 saturated carbocycles. The molecule has 2 unspecified atom stereocenters. The summed E-state index contributed by atoms with van der Waals surface area (Å²) < 4.78 is 12.3. The van der Waals surface area contributed by atoms with Gasteiger partial charge in [-0.1, -0.05) is 43.7 Å². The molecule has 2 atom stereocenters. The number of rotatable bonds is 7. The molecule has 8 heteroatoms. The number of fused-ring (bicyclic) bond motifs is 1. The van der Waals surface area contributed by atoms with Gasteiger partial charge in [0.05, 0.1) is 12.6 Å². The lowest BCUT2D eigenvalue weighted by atomic mass is 9.83. The van der Waals surface area contributed by atoms with Gasteiger partial charge < -0.3 is 9.47 Å². The fourth-order valence-electron chi connectivity index (χ4n) is 5.82. The molecule has 2 aromatic carbocycles. The van der Waals surface area contributed by atoms with Gasteiger partial charge in [0.1, 0.15) is 5.75 Å². The lowest BCUT2D eigenvalue weighted by molar-refractivity contribution is -0.147. The molecule has 1 aliphatic heterocycles. The van der Waals surface area contributed by atoms with Crippen LogP contribution in [0.2, 0.25) is 5.02 Å². The third-order valence-corrected chi connectivity index (χ3v) is 8.13. The molecule has 1 saturated heterocycles. The zero-order chi connectivity index (χ0) is 27.0. The highest BCUT2D eigenvalue weighted by Crippen LogP contribution is 2.34. The molecule has 0 spiro atoms. The molecule has 198 valence electrons. The number of hydrogen-bond acceptors (Lipinski definition) is 6. The predicted molar refractivity (Wildman–Crippen MR) is 143 cm³/mol. The van der Waals surface area contributed by atoms with Crippen molar-refractivity contribution < 1.29 is 28.7 Å². The van der Waals surface area contributed by atoms with Crippen LogP contribution in [0, 0.1) is 18.8 Å². The Hall–Kier alpha value is -3.45. The van der Waals surface area contributed by atoms with Gasteiger partial charge in [-0.25, -0.2) is 0 Å². The molecule has 38 heavy (non-hydrogen) atoms. The van der Waals surface area contributed by atoms with Gasteiger partial charge in [0, 0.05) is 28.1 Å². The topological polar surface area (TPSA) is 91.7 Å². The van der Waals surface area contributed by atoms with E-state index in [1.807, 2.05) is 0 Å². The minimum absolute atomic E-state index is 0.182. The van der Waals surface area contributed by atoms with Crippen LogP contribution in [0.15, 0.2) is 42.5 Å². The van der Waals surface area contributed by atoms with Crippen LogP contribution in [-0.4, -0.2) is 41.2 Å². The van der Waals surface area contributed by atoms with E-state index >= 15 is 0 Å². The first kappa shape index (κ1) is 26.2. The first-order chi connectivity index (χ1) is 18.3. The van der Waals surface area contributed by atoms with E-state index in [9.17, 15) is 19.2 Å². The Balaban J connectivity index is 1.45. The van der Waals surface area contributed by atoms with Crippen LogP contribution in [-0.2, 0) is 25.5 Å². The molecule has 0 bridgehead atoms. The van der Waals surface area contributed by atoms with E-state index in [1.54, 1.807) is 54.0 Å². The third kappa shape index (κ3) is 4.87. The summed E-state index contributed by atoms with van der Waals surface area (Å²) in [4.78, 5) is 52.8. The van der Waals surface area contributed by atoms with E-state index in [-0.39, 0.29) is 12.3 Å². The summed E-state index contributed by atoms with van der Waals surface area (Å²) in [6.45, 7) is 1.75. The Kier molecular flexibility index (Phi) is 7.39. The summed E-state index contributed by atoms with van der Waals surface area (Å²) in [7, 11) is 1.54. The van der Waals surface area contributed by atoms with Gasteiger partial charge in [-0.05, 0) is 67.3 Å². The van der Waals surface area contributed by atoms with Crippen molar-refractivity contribution in [3.8, 4) is 5.75 Å². The van der Waals surface area contributed by atoms with Crippen molar-refractivity contribution in [2.45, 2.75) is 58.0 Å². The molecule has 7 nitrogen and oxygen atoms in total. The van der Waals surface area contributed by atoms with Gasteiger partial charge in [-0.2, -0.15) is 0 Å². The Morgan fingerprint density at radius 1 is 1.05 bits per heavy atom. The number of ether oxygens (including phenoxy) is 2. The number of esters is 1. The fourth-order valence-corrected chi connectivity index (χ4v) is 5.95. The number of carbonyl (C=O) groups is 4. The third-order valence-electron chi connectivity index (χ3n) is 7.88. The smallest absolute Gasteiger partial charge is 0.325 e. The van der Waals surface area contributed by atoms with Gasteiger partial charge in [0.2, 0.25) is 0 Å². The van der Waals surface area contributed by atoms with E-state index in [1.165, 1.54) is 13.5 Å². The highest BCUT2D eigenvalue weighted by molar-refractivity contribution is 6.30. The highest BCUT2D eigenvalue weighted by atomic mass is 35.5. The number of Topliss-reactive ketones (excluding diaryl/α,β-unsaturated/α-hetero) is 2. The van der Waals surface area contributed by atoms with Crippen molar-refractivity contribution in [2.75, 3.05) is 7.11 Å². The minimum atomic E-state index is -1.43. The lowest BCUT2D eigenvalue weighted by Crippen LogP contribution is -2.30. The summed E-state index contributed by atoms with van der Waals surface area (Å²) in [5, 5.41) is 1.16. The second-order valence-electron chi connectivity index (χ2n) is 10.2. The number of hydrogen-bond donors (Lipinski definition) is 0. The maximum absolute atomic E-state index is 13.5. The van der Waals surface area contributed by atoms with Crippen LogP contribution < -0.4 is 4.74 Å².